The summed E-state index contributed by atoms with van der Waals surface area (Å²) in [5.74, 6) is -0.409. The summed E-state index contributed by atoms with van der Waals surface area (Å²) in [6, 6.07) is 14.1. The summed E-state index contributed by atoms with van der Waals surface area (Å²) in [5, 5.41) is 15.1. The van der Waals surface area contributed by atoms with E-state index in [-0.39, 0.29) is 18.4 Å². The second kappa shape index (κ2) is 7.63. The second-order valence-corrected chi connectivity index (χ2v) is 5.61. The molecule has 0 saturated carbocycles. The van der Waals surface area contributed by atoms with Gasteiger partial charge in [-0.3, -0.25) is 9.59 Å². The highest BCUT2D eigenvalue weighted by molar-refractivity contribution is 6.12. The molecular weight excluding hydrogens is 318 g/mol. The van der Waals surface area contributed by atoms with Crippen molar-refractivity contribution < 1.29 is 14.7 Å². The van der Waals surface area contributed by atoms with Gasteiger partial charge in [0.2, 0.25) is 0 Å². The molecule has 1 heterocycles. The molecule has 1 aromatic heterocycles. The summed E-state index contributed by atoms with van der Waals surface area (Å²) in [7, 11) is 0. The molecule has 0 atom stereocenters. The fourth-order valence-corrected chi connectivity index (χ4v) is 2.57. The van der Waals surface area contributed by atoms with Gasteiger partial charge in [-0.05, 0) is 48.9 Å². The van der Waals surface area contributed by atoms with Crippen LogP contribution in [0.2, 0.25) is 0 Å². The SMILES string of the molecule is O=C(NCCCO)c1ccc(NC(=O)c2cccc3[nH]ccc23)cc1. The van der Waals surface area contributed by atoms with E-state index in [2.05, 4.69) is 15.6 Å². The molecule has 0 spiro atoms. The summed E-state index contributed by atoms with van der Waals surface area (Å²) in [5.41, 5.74) is 2.61. The number of aromatic nitrogens is 1. The molecule has 25 heavy (non-hydrogen) atoms. The molecule has 0 saturated heterocycles. The molecular formula is C19H19N3O3. The summed E-state index contributed by atoms with van der Waals surface area (Å²) in [6.45, 7) is 0.466. The molecule has 0 aliphatic heterocycles. The normalized spacial score (nSPS) is 10.6. The van der Waals surface area contributed by atoms with Gasteiger partial charge < -0.3 is 20.7 Å². The number of nitrogens with one attached hydrogen (secondary N) is 3. The largest absolute Gasteiger partial charge is 0.396 e. The number of anilines is 1. The van der Waals surface area contributed by atoms with Gasteiger partial charge in [0.15, 0.2) is 0 Å². The molecule has 3 aromatic rings. The molecule has 3 rings (SSSR count). The number of fused-ring (bicyclic) bond motifs is 1. The fourth-order valence-electron chi connectivity index (χ4n) is 2.57. The Morgan fingerprint density at radius 2 is 1.80 bits per heavy atom. The highest BCUT2D eigenvalue weighted by Crippen LogP contribution is 2.19. The van der Waals surface area contributed by atoms with E-state index in [1.165, 1.54) is 0 Å². The zero-order valence-electron chi connectivity index (χ0n) is 13.6. The van der Waals surface area contributed by atoms with Gasteiger partial charge in [0.1, 0.15) is 0 Å². The van der Waals surface area contributed by atoms with Crippen molar-refractivity contribution in [3.63, 3.8) is 0 Å². The van der Waals surface area contributed by atoms with Crippen molar-refractivity contribution in [3.8, 4) is 0 Å². The van der Waals surface area contributed by atoms with Crippen molar-refractivity contribution in [2.45, 2.75) is 6.42 Å². The Labute approximate surface area is 144 Å². The third-order valence-corrected chi connectivity index (χ3v) is 3.86. The molecule has 6 nitrogen and oxygen atoms in total. The van der Waals surface area contributed by atoms with Gasteiger partial charge in [-0.2, -0.15) is 0 Å². The first-order valence-corrected chi connectivity index (χ1v) is 8.05. The van der Waals surface area contributed by atoms with Crippen LogP contribution in [0.15, 0.2) is 54.7 Å². The fraction of sp³-hybridized carbons (Fsp3) is 0.158. The molecule has 128 valence electrons. The van der Waals surface area contributed by atoms with E-state index in [1.807, 2.05) is 18.2 Å². The molecule has 4 N–H and O–H groups in total. The Morgan fingerprint density at radius 1 is 1.00 bits per heavy atom. The van der Waals surface area contributed by atoms with Crippen LogP contribution in [-0.2, 0) is 0 Å². The number of hydrogen-bond acceptors (Lipinski definition) is 3. The number of carbonyl (C=O) groups excluding carboxylic acids is 2. The van der Waals surface area contributed by atoms with E-state index in [0.717, 1.165) is 10.9 Å². The number of amides is 2. The molecule has 0 bridgehead atoms. The van der Waals surface area contributed by atoms with Gasteiger partial charge in [-0.1, -0.05) is 6.07 Å². The van der Waals surface area contributed by atoms with Crippen molar-refractivity contribution in [2.24, 2.45) is 0 Å². The molecule has 0 fully saturated rings. The first-order chi connectivity index (χ1) is 12.2. The summed E-state index contributed by atoms with van der Waals surface area (Å²) in [4.78, 5) is 27.5. The minimum Gasteiger partial charge on any atom is -0.396 e. The number of H-pyrrole nitrogens is 1. The molecule has 0 radical (unpaired) electrons. The molecule has 0 aliphatic carbocycles. The molecule has 0 unspecified atom stereocenters. The monoisotopic (exact) mass is 337 g/mol. The van der Waals surface area contributed by atoms with E-state index in [0.29, 0.717) is 29.8 Å². The minimum atomic E-state index is -0.205. The van der Waals surface area contributed by atoms with Crippen molar-refractivity contribution in [3.05, 3.63) is 65.9 Å². The maximum Gasteiger partial charge on any atom is 0.256 e. The Morgan fingerprint density at radius 3 is 2.56 bits per heavy atom. The summed E-state index contributed by atoms with van der Waals surface area (Å²) in [6.07, 6.45) is 2.32. The lowest BCUT2D eigenvalue weighted by molar-refractivity contribution is 0.0950. The molecule has 0 aliphatic rings. The lowest BCUT2D eigenvalue weighted by atomic mass is 10.1. The number of carbonyl (C=O) groups is 2. The number of aromatic amines is 1. The average molecular weight is 337 g/mol. The zero-order valence-corrected chi connectivity index (χ0v) is 13.6. The first-order valence-electron chi connectivity index (χ1n) is 8.05. The van der Waals surface area contributed by atoms with E-state index >= 15 is 0 Å². The Hall–Kier alpha value is -3.12. The average Bonchev–Trinajstić information content (AvgIpc) is 3.11. The van der Waals surface area contributed by atoms with Gasteiger partial charge >= 0.3 is 0 Å². The van der Waals surface area contributed by atoms with Gasteiger partial charge in [0, 0.05) is 47.1 Å². The smallest absolute Gasteiger partial charge is 0.256 e. The summed E-state index contributed by atoms with van der Waals surface area (Å²) < 4.78 is 0. The predicted octanol–water partition coefficient (Wildman–Crippen LogP) is 2.53. The molecule has 2 amide bonds. The van der Waals surface area contributed by atoms with Gasteiger partial charge in [0.25, 0.3) is 11.8 Å². The van der Waals surface area contributed by atoms with Crippen LogP contribution in [0.3, 0.4) is 0 Å². The maximum absolute atomic E-state index is 12.5. The highest BCUT2D eigenvalue weighted by Gasteiger charge is 2.11. The number of benzene rings is 2. The van der Waals surface area contributed by atoms with E-state index < -0.39 is 0 Å². The van der Waals surface area contributed by atoms with Crippen LogP contribution in [0.4, 0.5) is 5.69 Å². The third-order valence-electron chi connectivity index (χ3n) is 3.86. The van der Waals surface area contributed by atoms with Crippen LogP contribution >= 0.6 is 0 Å². The molecule has 2 aromatic carbocycles. The van der Waals surface area contributed by atoms with Crippen LogP contribution in [0, 0.1) is 0 Å². The standard InChI is InChI=1S/C19H19N3O3/c23-12-2-10-21-18(24)13-5-7-14(8-6-13)22-19(25)16-3-1-4-17-15(16)9-11-20-17/h1,3-9,11,20,23H,2,10,12H2,(H,21,24)(H,22,25). The predicted molar refractivity (Wildman–Crippen MR) is 96.7 cm³/mol. The van der Waals surface area contributed by atoms with Gasteiger partial charge in [0.05, 0.1) is 0 Å². The van der Waals surface area contributed by atoms with Crippen LogP contribution in [-0.4, -0.2) is 35.1 Å². The summed E-state index contributed by atoms with van der Waals surface area (Å²) >= 11 is 0. The van der Waals surface area contributed by atoms with Crippen LogP contribution in [0.1, 0.15) is 27.1 Å². The highest BCUT2D eigenvalue weighted by atomic mass is 16.3. The number of aliphatic hydroxyl groups excluding tert-OH is 1. The van der Waals surface area contributed by atoms with Gasteiger partial charge in [-0.15, -0.1) is 0 Å². The second-order valence-electron chi connectivity index (χ2n) is 5.61. The number of rotatable bonds is 6. The topological polar surface area (TPSA) is 94.2 Å². The van der Waals surface area contributed by atoms with Crippen LogP contribution in [0.5, 0.6) is 0 Å². The minimum absolute atomic E-state index is 0.0408. The van der Waals surface area contributed by atoms with Crippen LogP contribution in [0.25, 0.3) is 10.9 Å². The molecule has 6 heteroatoms. The number of hydrogen-bond donors (Lipinski definition) is 4. The lowest BCUT2D eigenvalue weighted by Crippen LogP contribution is -2.25. The third kappa shape index (κ3) is 3.87. The Bertz CT molecular complexity index is 884. The van der Waals surface area contributed by atoms with Crippen LogP contribution < -0.4 is 10.6 Å². The maximum atomic E-state index is 12.5. The quantitative estimate of drug-likeness (QED) is 0.521. The van der Waals surface area contributed by atoms with Crippen molar-refractivity contribution >= 4 is 28.4 Å². The van der Waals surface area contributed by atoms with E-state index in [1.54, 1.807) is 36.5 Å². The van der Waals surface area contributed by atoms with Crippen molar-refractivity contribution in [1.29, 1.82) is 0 Å². The first kappa shape index (κ1) is 16.7. The Balaban J connectivity index is 1.68. The number of aliphatic hydroxyl groups is 1. The van der Waals surface area contributed by atoms with Crippen molar-refractivity contribution in [1.82, 2.24) is 10.3 Å². The van der Waals surface area contributed by atoms with Gasteiger partial charge in [-0.25, -0.2) is 0 Å². The Kier molecular flexibility index (Phi) is 5.11. The zero-order chi connectivity index (χ0) is 17.6. The lowest BCUT2D eigenvalue weighted by Gasteiger charge is -2.08. The van der Waals surface area contributed by atoms with E-state index in [4.69, 9.17) is 5.11 Å². The van der Waals surface area contributed by atoms with E-state index in [9.17, 15) is 9.59 Å². The van der Waals surface area contributed by atoms with Crippen molar-refractivity contribution in [2.75, 3.05) is 18.5 Å².